The monoisotopic (exact) mass is 266 g/mol. The maximum absolute atomic E-state index is 3.77. The molecule has 0 aliphatic carbocycles. The fourth-order valence-corrected chi connectivity index (χ4v) is 4.26. The molecular weight excluding hydrogens is 232 g/mol. The van der Waals surface area contributed by atoms with Crippen molar-refractivity contribution in [2.24, 2.45) is 0 Å². The van der Waals surface area contributed by atoms with E-state index in [1.54, 1.807) is 0 Å². The smallest absolute Gasteiger partial charge is 0.0128 e. The van der Waals surface area contributed by atoms with Crippen LogP contribution in [0.4, 0.5) is 0 Å². The first-order chi connectivity index (χ1) is 9.24. The third kappa shape index (κ3) is 4.19. The molecule has 2 aliphatic heterocycles. The van der Waals surface area contributed by atoms with Gasteiger partial charge in [0, 0.05) is 24.2 Å². The van der Waals surface area contributed by atoms with Gasteiger partial charge in [-0.1, -0.05) is 39.5 Å². The van der Waals surface area contributed by atoms with Crippen LogP contribution in [0.5, 0.6) is 0 Å². The molecule has 2 bridgehead atoms. The molecule has 3 unspecified atom stereocenters. The standard InChI is InChI=1S/C17H34N2/c1-4-6-7-8-9-14(3)19(5-2)17-12-15-10-11-16(13-17)18-15/h14-18H,4-13H2,1-3H3. The van der Waals surface area contributed by atoms with Gasteiger partial charge in [-0.2, -0.15) is 0 Å². The van der Waals surface area contributed by atoms with Crippen LogP contribution >= 0.6 is 0 Å². The second kappa shape index (κ2) is 7.64. The van der Waals surface area contributed by atoms with Gasteiger partial charge in [-0.05, 0) is 45.6 Å². The summed E-state index contributed by atoms with van der Waals surface area (Å²) in [5.74, 6) is 0. The van der Waals surface area contributed by atoms with Crippen LogP contribution in [0.3, 0.4) is 0 Å². The molecule has 0 aromatic rings. The number of rotatable bonds is 8. The Morgan fingerprint density at radius 3 is 2.32 bits per heavy atom. The molecule has 112 valence electrons. The van der Waals surface area contributed by atoms with Crippen molar-refractivity contribution >= 4 is 0 Å². The van der Waals surface area contributed by atoms with Crippen LogP contribution in [0.25, 0.3) is 0 Å². The zero-order valence-corrected chi connectivity index (χ0v) is 13.3. The highest BCUT2D eigenvalue weighted by atomic mass is 15.2. The predicted octanol–water partition coefficient (Wildman–Crippen LogP) is 3.95. The van der Waals surface area contributed by atoms with E-state index in [1.807, 2.05) is 0 Å². The number of unbranched alkanes of at least 4 members (excludes halogenated alkanes) is 3. The number of hydrogen-bond donors (Lipinski definition) is 1. The minimum Gasteiger partial charge on any atom is -0.311 e. The predicted molar refractivity (Wildman–Crippen MR) is 83.6 cm³/mol. The lowest BCUT2D eigenvalue weighted by molar-refractivity contribution is 0.102. The summed E-state index contributed by atoms with van der Waals surface area (Å²) in [7, 11) is 0. The van der Waals surface area contributed by atoms with E-state index in [2.05, 4.69) is 31.0 Å². The number of nitrogens with one attached hydrogen (secondary N) is 1. The largest absolute Gasteiger partial charge is 0.311 e. The summed E-state index contributed by atoms with van der Waals surface area (Å²) >= 11 is 0. The first kappa shape index (κ1) is 15.3. The second-order valence-electron chi connectivity index (χ2n) is 6.79. The molecule has 0 radical (unpaired) electrons. The number of piperidine rings is 1. The summed E-state index contributed by atoms with van der Waals surface area (Å²) in [6.07, 6.45) is 12.6. The van der Waals surface area contributed by atoms with Gasteiger partial charge in [0.05, 0.1) is 0 Å². The maximum atomic E-state index is 3.77. The van der Waals surface area contributed by atoms with Crippen molar-refractivity contribution in [1.29, 1.82) is 0 Å². The van der Waals surface area contributed by atoms with Crippen molar-refractivity contribution in [2.45, 2.75) is 103 Å². The summed E-state index contributed by atoms with van der Waals surface area (Å²) in [5.41, 5.74) is 0. The number of nitrogens with zero attached hydrogens (tertiary/aromatic N) is 1. The van der Waals surface area contributed by atoms with E-state index in [0.29, 0.717) is 0 Å². The quantitative estimate of drug-likeness (QED) is 0.669. The third-order valence-electron chi connectivity index (χ3n) is 5.32. The van der Waals surface area contributed by atoms with Crippen molar-refractivity contribution in [3.8, 4) is 0 Å². The average molecular weight is 266 g/mol. The number of hydrogen-bond acceptors (Lipinski definition) is 2. The van der Waals surface area contributed by atoms with E-state index >= 15 is 0 Å². The van der Waals surface area contributed by atoms with Crippen molar-refractivity contribution < 1.29 is 0 Å². The van der Waals surface area contributed by atoms with Crippen molar-refractivity contribution in [3.63, 3.8) is 0 Å². The van der Waals surface area contributed by atoms with Crippen LogP contribution in [0.1, 0.15) is 78.6 Å². The fraction of sp³-hybridized carbons (Fsp3) is 1.00. The highest BCUT2D eigenvalue weighted by molar-refractivity contribution is 4.96. The first-order valence-corrected chi connectivity index (χ1v) is 8.76. The molecule has 0 saturated carbocycles. The molecule has 2 heterocycles. The van der Waals surface area contributed by atoms with Crippen molar-refractivity contribution in [1.82, 2.24) is 10.2 Å². The van der Waals surface area contributed by atoms with Gasteiger partial charge in [0.15, 0.2) is 0 Å². The second-order valence-corrected chi connectivity index (χ2v) is 6.79. The summed E-state index contributed by atoms with van der Waals surface area (Å²) in [4.78, 5) is 2.80. The Labute approximate surface area is 120 Å². The highest BCUT2D eigenvalue weighted by Gasteiger charge is 2.36. The topological polar surface area (TPSA) is 15.3 Å². The molecule has 0 amide bonds. The zero-order chi connectivity index (χ0) is 13.7. The van der Waals surface area contributed by atoms with Gasteiger partial charge in [0.1, 0.15) is 0 Å². The summed E-state index contributed by atoms with van der Waals surface area (Å²) in [5, 5.41) is 3.77. The Kier molecular flexibility index (Phi) is 6.15. The van der Waals surface area contributed by atoms with Crippen LogP contribution in [0.2, 0.25) is 0 Å². The fourth-order valence-electron chi connectivity index (χ4n) is 4.26. The van der Waals surface area contributed by atoms with Gasteiger partial charge in [-0.15, -0.1) is 0 Å². The first-order valence-electron chi connectivity index (χ1n) is 8.76. The van der Waals surface area contributed by atoms with E-state index < -0.39 is 0 Å². The molecule has 2 saturated heterocycles. The molecule has 3 atom stereocenters. The van der Waals surface area contributed by atoms with E-state index in [9.17, 15) is 0 Å². The van der Waals surface area contributed by atoms with Crippen LogP contribution < -0.4 is 5.32 Å². The molecule has 2 fully saturated rings. The van der Waals surface area contributed by atoms with Gasteiger partial charge in [0.25, 0.3) is 0 Å². The normalized spacial score (nSPS) is 31.9. The molecule has 2 aliphatic rings. The lowest BCUT2D eigenvalue weighted by Gasteiger charge is -2.40. The summed E-state index contributed by atoms with van der Waals surface area (Å²) in [6.45, 7) is 8.34. The molecule has 2 nitrogen and oxygen atoms in total. The van der Waals surface area contributed by atoms with Crippen LogP contribution in [0, 0.1) is 0 Å². The lowest BCUT2D eigenvalue weighted by atomic mass is 9.95. The summed E-state index contributed by atoms with van der Waals surface area (Å²) < 4.78 is 0. The Morgan fingerprint density at radius 2 is 1.74 bits per heavy atom. The highest BCUT2D eigenvalue weighted by Crippen LogP contribution is 2.31. The molecular formula is C17H34N2. The number of fused-ring (bicyclic) bond motifs is 2. The Hall–Kier alpha value is -0.0800. The van der Waals surface area contributed by atoms with Gasteiger partial charge < -0.3 is 5.32 Å². The Balaban J connectivity index is 1.78. The molecule has 19 heavy (non-hydrogen) atoms. The minimum atomic E-state index is 0.782. The molecule has 1 N–H and O–H groups in total. The van der Waals surface area contributed by atoms with Crippen molar-refractivity contribution in [3.05, 3.63) is 0 Å². The van der Waals surface area contributed by atoms with Gasteiger partial charge in [-0.3, -0.25) is 4.90 Å². The SMILES string of the molecule is CCCCCCC(C)N(CC)C1CC2CCC(C1)N2. The zero-order valence-electron chi connectivity index (χ0n) is 13.3. The van der Waals surface area contributed by atoms with Crippen LogP contribution in [-0.2, 0) is 0 Å². The molecule has 0 aromatic carbocycles. The van der Waals surface area contributed by atoms with E-state index in [1.165, 1.54) is 64.3 Å². The van der Waals surface area contributed by atoms with Crippen LogP contribution in [-0.4, -0.2) is 35.6 Å². The lowest BCUT2D eigenvalue weighted by Crippen LogP contribution is -2.50. The summed E-state index contributed by atoms with van der Waals surface area (Å²) in [6, 6.07) is 3.28. The van der Waals surface area contributed by atoms with Crippen LogP contribution in [0.15, 0.2) is 0 Å². The molecule has 2 heteroatoms. The van der Waals surface area contributed by atoms with E-state index in [4.69, 9.17) is 0 Å². The van der Waals surface area contributed by atoms with E-state index in [-0.39, 0.29) is 0 Å². The van der Waals surface area contributed by atoms with Gasteiger partial charge >= 0.3 is 0 Å². The minimum absolute atomic E-state index is 0.782. The third-order valence-corrected chi connectivity index (χ3v) is 5.32. The maximum Gasteiger partial charge on any atom is 0.0128 e. The van der Waals surface area contributed by atoms with Gasteiger partial charge in [-0.25, -0.2) is 0 Å². The van der Waals surface area contributed by atoms with E-state index in [0.717, 1.165) is 24.2 Å². The average Bonchev–Trinajstić information content (AvgIpc) is 2.75. The Morgan fingerprint density at radius 1 is 1.05 bits per heavy atom. The van der Waals surface area contributed by atoms with Crippen molar-refractivity contribution in [2.75, 3.05) is 6.54 Å². The Bertz CT molecular complexity index is 242. The van der Waals surface area contributed by atoms with Gasteiger partial charge in [0.2, 0.25) is 0 Å². The molecule has 0 spiro atoms. The molecule has 2 rings (SSSR count). The molecule has 0 aromatic heterocycles.